The van der Waals surface area contributed by atoms with Crippen LogP contribution in [0.3, 0.4) is 0 Å². The molecule has 1 heterocycles. The summed E-state index contributed by atoms with van der Waals surface area (Å²) in [6, 6.07) is 16.2. The molecular weight excluding hydrogens is 512 g/mol. The Kier molecular flexibility index (Phi) is 7.28. The lowest BCUT2D eigenvalue weighted by Gasteiger charge is -2.14. The average molecular weight is 530 g/mol. The van der Waals surface area contributed by atoms with Crippen molar-refractivity contribution in [2.24, 2.45) is 0 Å². The minimum atomic E-state index is -1.51. The second-order valence-electron chi connectivity index (χ2n) is 7.72. The number of carboxylic acids is 4. The van der Waals surface area contributed by atoms with Gasteiger partial charge in [0, 0.05) is 5.69 Å². The van der Waals surface area contributed by atoms with Gasteiger partial charge >= 0.3 is 23.9 Å². The van der Waals surface area contributed by atoms with Gasteiger partial charge in [0.15, 0.2) is 0 Å². The molecule has 4 rings (SSSR count). The van der Waals surface area contributed by atoms with Crippen LogP contribution in [0.25, 0.3) is 0 Å². The first-order chi connectivity index (χ1) is 18.6. The van der Waals surface area contributed by atoms with Crippen LogP contribution in [0.1, 0.15) is 41.4 Å². The second kappa shape index (κ2) is 10.9. The predicted molar refractivity (Wildman–Crippen MR) is 137 cm³/mol. The number of rotatable bonds is 10. The zero-order valence-electron chi connectivity index (χ0n) is 19.6. The summed E-state index contributed by atoms with van der Waals surface area (Å²) >= 11 is 0. The largest absolute Gasteiger partial charge is 0.478 e. The first-order valence-electron chi connectivity index (χ1n) is 11.0. The molecule has 0 atom stereocenters. The van der Waals surface area contributed by atoms with Crippen molar-refractivity contribution in [3.05, 3.63) is 89.0 Å². The summed E-state index contributed by atoms with van der Waals surface area (Å²) in [7, 11) is 0. The maximum absolute atomic E-state index is 11.9. The van der Waals surface area contributed by atoms with Crippen molar-refractivity contribution in [3.63, 3.8) is 0 Å². The maximum Gasteiger partial charge on any atom is 0.338 e. The Balaban J connectivity index is 1.81. The molecule has 4 aromatic rings. The van der Waals surface area contributed by atoms with E-state index in [4.69, 9.17) is 0 Å². The highest BCUT2D eigenvalue weighted by Crippen LogP contribution is 2.27. The SMILES string of the molecule is O=C(O)c1cccc(Nc2nc(Nc3ccccc3)nc(Nc3cccc(C(=O)O)c3C(=O)O)n2)c1C(=O)O. The topological polar surface area (TPSA) is 224 Å². The molecule has 0 aliphatic rings. The fraction of sp³-hybridized carbons (Fsp3) is 0. The highest BCUT2D eigenvalue weighted by molar-refractivity contribution is 6.07. The Morgan fingerprint density at radius 1 is 0.487 bits per heavy atom. The quantitative estimate of drug-likeness (QED) is 0.154. The van der Waals surface area contributed by atoms with E-state index in [2.05, 4.69) is 30.9 Å². The van der Waals surface area contributed by atoms with Gasteiger partial charge in [0.25, 0.3) is 0 Å². The van der Waals surface area contributed by atoms with Gasteiger partial charge in [-0.05, 0) is 36.4 Å². The second-order valence-corrected chi connectivity index (χ2v) is 7.72. The Bertz CT molecular complexity index is 1510. The third-order valence-corrected chi connectivity index (χ3v) is 5.18. The highest BCUT2D eigenvalue weighted by atomic mass is 16.4. The summed E-state index contributed by atoms with van der Waals surface area (Å²) in [5.74, 6) is -6.47. The van der Waals surface area contributed by atoms with E-state index in [0.717, 1.165) is 12.1 Å². The molecule has 0 unspecified atom stereocenters. The van der Waals surface area contributed by atoms with Crippen molar-refractivity contribution in [1.82, 2.24) is 15.0 Å². The van der Waals surface area contributed by atoms with Gasteiger partial charge in [-0.2, -0.15) is 15.0 Å². The molecule has 7 N–H and O–H groups in total. The van der Waals surface area contributed by atoms with E-state index in [-0.39, 0.29) is 29.2 Å². The molecule has 0 bridgehead atoms. The van der Waals surface area contributed by atoms with Crippen molar-refractivity contribution >= 4 is 58.8 Å². The average Bonchev–Trinajstić information content (AvgIpc) is 2.88. The van der Waals surface area contributed by atoms with E-state index in [1.54, 1.807) is 30.3 Å². The van der Waals surface area contributed by atoms with Crippen molar-refractivity contribution in [1.29, 1.82) is 0 Å². The zero-order chi connectivity index (χ0) is 28.1. The molecule has 0 amide bonds. The van der Waals surface area contributed by atoms with Gasteiger partial charge in [0.2, 0.25) is 17.8 Å². The number of nitrogens with one attached hydrogen (secondary N) is 3. The third kappa shape index (κ3) is 5.86. The maximum atomic E-state index is 11.9. The van der Waals surface area contributed by atoms with Crippen molar-refractivity contribution < 1.29 is 39.6 Å². The van der Waals surface area contributed by atoms with E-state index >= 15 is 0 Å². The number of aromatic carboxylic acids is 4. The number of aromatic nitrogens is 3. The molecule has 1 aromatic heterocycles. The number of carboxylic acid groups (broad SMARTS) is 4. The Morgan fingerprint density at radius 2 is 0.897 bits per heavy atom. The number of nitrogens with zero attached hydrogens (tertiary/aromatic N) is 3. The molecule has 0 aliphatic carbocycles. The molecule has 0 saturated heterocycles. The number of hydrogen-bond acceptors (Lipinski definition) is 10. The van der Waals surface area contributed by atoms with Gasteiger partial charge in [-0.1, -0.05) is 30.3 Å². The van der Waals surface area contributed by atoms with Crippen LogP contribution in [0.2, 0.25) is 0 Å². The van der Waals surface area contributed by atoms with Crippen molar-refractivity contribution in [2.75, 3.05) is 16.0 Å². The smallest absolute Gasteiger partial charge is 0.338 e. The molecule has 0 spiro atoms. The van der Waals surface area contributed by atoms with Crippen LogP contribution < -0.4 is 16.0 Å². The van der Waals surface area contributed by atoms with Gasteiger partial charge in [0.05, 0.1) is 33.6 Å². The summed E-state index contributed by atoms with van der Waals surface area (Å²) < 4.78 is 0. The Labute approximate surface area is 218 Å². The van der Waals surface area contributed by atoms with E-state index in [1.807, 2.05) is 0 Å². The number of hydrogen-bond donors (Lipinski definition) is 7. The molecular formula is C25H18N6O8. The van der Waals surface area contributed by atoms with E-state index in [0.29, 0.717) is 5.69 Å². The monoisotopic (exact) mass is 530 g/mol. The normalized spacial score (nSPS) is 10.4. The molecule has 3 aromatic carbocycles. The fourth-order valence-electron chi connectivity index (χ4n) is 3.57. The van der Waals surface area contributed by atoms with Crippen LogP contribution in [0.5, 0.6) is 0 Å². The van der Waals surface area contributed by atoms with Crippen LogP contribution in [0, 0.1) is 0 Å². The van der Waals surface area contributed by atoms with Gasteiger partial charge in [-0.15, -0.1) is 0 Å². The van der Waals surface area contributed by atoms with Crippen LogP contribution in [-0.2, 0) is 0 Å². The summed E-state index contributed by atoms with van der Waals surface area (Å²) in [6.45, 7) is 0. The fourth-order valence-corrected chi connectivity index (χ4v) is 3.57. The van der Waals surface area contributed by atoms with E-state index in [1.165, 1.54) is 24.3 Å². The molecule has 39 heavy (non-hydrogen) atoms. The van der Waals surface area contributed by atoms with E-state index < -0.39 is 46.1 Å². The minimum absolute atomic E-state index is 0.0567. The Hall–Kier alpha value is -6.05. The summed E-state index contributed by atoms with van der Waals surface area (Å²) in [6.07, 6.45) is 0. The molecule has 0 radical (unpaired) electrons. The predicted octanol–water partition coefficient (Wildman–Crippen LogP) is 3.90. The lowest BCUT2D eigenvalue weighted by molar-refractivity contribution is 0.0652. The van der Waals surface area contributed by atoms with Crippen molar-refractivity contribution in [2.45, 2.75) is 0 Å². The van der Waals surface area contributed by atoms with Crippen LogP contribution in [-0.4, -0.2) is 59.3 Å². The molecule has 0 saturated carbocycles. The molecule has 14 heteroatoms. The van der Waals surface area contributed by atoms with Crippen LogP contribution >= 0.6 is 0 Å². The lowest BCUT2D eigenvalue weighted by Crippen LogP contribution is -2.14. The van der Waals surface area contributed by atoms with Gasteiger partial charge in [-0.25, -0.2) is 19.2 Å². The number of carbonyl (C=O) groups is 4. The molecule has 0 aliphatic heterocycles. The standard InChI is InChI=1S/C25H18N6O8/c32-19(33)13-8-4-10-15(17(13)21(36)37)27-24-29-23(26-12-6-2-1-3-7-12)30-25(31-24)28-16-11-5-9-14(20(34)35)18(16)22(38)39/h1-11H,(H,32,33)(H,34,35)(H,36,37)(H,38,39)(H3,26,27,28,29,30,31). The minimum Gasteiger partial charge on any atom is -0.478 e. The zero-order valence-corrected chi connectivity index (χ0v) is 19.6. The third-order valence-electron chi connectivity index (χ3n) is 5.18. The van der Waals surface area contributed by atoms with Crippen LogP contribution in [0.4, 0.5) is 34.9 Å². The first kappa shape index (κ1) is 26.0. The van der Waals surface area contributed by atoms with E-state index in [9.17, 15) is 39.6 Å². The number of anilines is 6. The summed E-state index contributed by atoms with van der Waals surface area (Å²) in [5, 5.41) is 46.4. The van der Waals surface area contributed by atoms with Gasteiger partial charge in [-0.3, -0.25) is 0 Å². The van der Waals surface area contributed by atoms with Gasteiger partial charge in [0.1, 0.15) is 0 Å². The first-order valence-corrected chi connectivity index (χ1v) is 11.0. The van der Waals surface area contributed by atoms with Crippen LogP contribution in [0.15, 0.2) is 66.7 Å². The van der Waals surface area contributed by atoms with Gasteiger partial charge < -0.3 is 36.4 Å². The molecule has 14 nitrogen and oxygen atoms in total. The summed E-state index contributed by atoms with van der Waals surface area (Å²) in [4.78, 5) is 59.4. The number of benzene rings is 3. The molecule has 0 fully saturated rings. The number of para-hydroxylation sites is 1. The highest BCUT2D eigenvalue weighted by Gasteiger charge is 2.23. The summed E-state index contributed by atoms with van der Waals surface area (Å²) in [5.41, 5.74) is -1.73. The van der Waals surface area contributed by atoms with Crippen molar-refractivity contribution in [3.8, 4) is 0 Å². The molecule has 196 valence electrons. The Morgan fingerprint density at radius 3 is 1.28 bits per heavy atom. The lowest BCUT2D eigenvalue weighted by atomic mass is 10.1.